The smallest absolute Gasteiger partial charge is 0.310 e. The van der Waals surface area contributed by atoms with E-state index in [4.69, 9.17) is 10.2 Å². The molecule has 0 saturated heterocycles. The van der Waals surface area contributed by atoms with E-state index in [-0.39, 0.29) is 17.3 Å². The molecule has 7 nitrogen and oxygen atoms in total. The number of oxazole rings is 1. The van der Waals surface area contributed by atoms with Gasteiger partial charge in [-0.05, 0) is 25.1 Å². The van der Waals surface area contributed by atoms with Crippen molar-refractivity contribution in [2.45, 2.75) is 38.2 Å². The predicted molar refractivity (Wildman–Crippen MR) is 94.8 cm³/mol. The van der Waals surface area contributed by atoms with Gasteiger partial charge in [0.2, 0.25) is 0 Å². The molecule has 0 saturated carbocycles. The molecule has 1 aliphatic heterocycles. The summed E-state index contributed by atoms with van der Waals surface area (Å²) in [4.78, 5) is 20.0. The van der Waals surface area contributed by atoms with Gasteiger partial charge >= 0.3 is 5.92 Å². The average molecular weight is 396 g/mol. The number of amides is 1. The molecule has 1 amide bonds. The Bertz CT molecular complexity index is 942. The number of nitrogens with zero attached hydrogens (tertiary/aromatic N) is 2. The van der Waals surface area contributed by atoms with Crippen LogP contribution < -0.4 is 11.1 Å². The zero-order valence-electron chi connectivity index (χ0n) is 15.4. The number of anilines is 1. The Morgan fingerprint density at radius 3 is 2.71 bits per heavy atom. The van der Waals surface area contributed by atoms with Crippen LogP contribution in [-0.4, -0.2) is 29.4 Å². The molecule has 1 atom stereocenters. The Kier molecular flexibility index (Phi) is 4.82. The van der Waals surface area contributed by atoms with Gasteiger partial charge in [-0.1, -0.05) is 13.8 Å². The number of carbonyl (C=O) groups is 1. The second-order valence-electron chi connectivity index (χ2n) is 6.89. The molecule has 2 aromatic rings. The second kappa shape index (κ2) is 6.84. The fourth-order valence-electron chi connectivity index (χ4n) is 2.73. The lowest BCUT2D eigenvalue weighted by molar-refractivity contribution is -0.117. The quantitative estimate of drug-likeness (QED) is 0.825. The van der Waals surface area contributed by atoms with Gasteiger partial charge in [0, 0.05) is 17.2 Å². The van der Waals surface area contributed by atoms with Crippen LogP contribution in [0.15, 0.2) is 33.9 Å². The third kappa shape index (κ3) is 3.41. The van der Waals surface area contributed by atoms with Gasteiger partial charge in [-0.3, -0.25) is 4.79 Å². The zero-order chi connectivity index (χ0) is 20.7. The van der Waals surface area contributed by atoms with E-state index in [0.29, 0.717) is 5.89 Å². The van der Waals surface area contributed by atoms with Crippen molar-refractivity contribution >= 4 is 17.6 Å². The molecule has 1 aromatic carbocycles. The maximum Gasteiger partial charge on any atom is 0.310 e. The number of carbonyl (C=O) groups excluding carboxylic acids is 1. The molecular formula is C18H19F3N4O3. The van der Waals surface area contributed by atoms with Gasteiger partial charge in [-0.2, -0.15) is 8.78 Å². The van der Waals surface area contributed by atoms with Crippen LogP contribution in [0.2, 0.25) is 0 Å². The van der Waals surface area contributed by atoms with E-state index in [1.54, 1.807) is 0 Å². The van der Waals surface area contributed by atoms with Gasteiger partial charge < -0.3 is 20.2 Å². The molecule has 0 unspecified atom stereocenters. The summed E-state index contributed by atoms with van der Waals surface area (Å²) in [5, 5.41) is 2.49. The lowest BCUT2D eigenvalue weighted by Crippen LogP contribution is -2.51. The Morgan fingerprint density at radius 1 is 1.36 bits per heavy atom. The fourth-order valence-corrected chi connectivity index (χ4v) is 2.73. The van der Waals surface area contributed by atoms with Gasteiger partial charge in [0.15, 0.2) is 23.7 Å². The highest BCUT2D eigenvalue weighted by molar-refractivity contribution is 6.02. The summed E-state index contributed by atoms with van der Waals surface area (Å²) >= 11 is 0. The molecule has 150 valence electrons. The molecule has 2 heterocycles. The SMILES string of the molecule is CC(C)c1nc(C(=O)Nc2ccc(F)c([C@@]3(C)N=C(N)OCC3(F)F)c2)co1. The molecule has 10 heteroatoms. The number of alkyl halides is 2. The highest BCUT2D eigenvalue weighted by Crippen LogP contribution is 2.44. The largest absolute Gasteiger partial charge is 0.459 e. The van der Waals surface area contributed by atoms with Gasteiger partial charge in [0.05, 0.1) is 0 Å². The number of halogens is 3. The first-order valence-corrected chi connectivity index (χ1v) is 8.46. The van der Waals surface area contributed by atoms with Crippen LogP contribution in [-0.2, 0) is 10.3 Å². The average Bonchev–Trinajstić information content (AvgIpc) is 3.11. The highest BCUT2D eigenvalue weighted by Gasteiger charge is 2.56. The first-order chi connectivity index (χ1) is 13.0. The number of nitrogens with one attached hydrogen (secondary N) is 1. The van der Waals surface area contributed by atoms with E-state index in [1.807, 2.05) is 13.8 Å². The van der Waals surface area contributed by atoms with E-state index in [0.717, 1.165) is 19.1 Å². The molecule has 0 aliphatic carbocycles. The fraction of sp³-hybridized carbons (Fsp3) is 0.389. The Labute approximate surface area is 158 Å². The summed E-state index contributed by atoms with van der Waals surface area (Å²) in [6.07, 6.45) is 1.19. The van der Waals surface area contributed by atoms with Gasteiger partial charge in [-0.15, -0.1) is 0 Å². The summed E-state index contributed by atoms with van der Waals surface area (Å²) < 4.78 is 53.1. The summed E-state index contributed by atoms with van der Waals surface area (Å²) in [6, 6.07) is 2.84. The van der Waals surface area contributed by atoms with Crippen molar-refractivity contribution in [2.24, 2.45) is 10.7 Å². The van der Waals surface area contributed by atoms with Crippen molar-refractivity contribution in [2.75, 3.05) is 11.9 Å². The number of ether oxygens (including phenoxy) is 1. The first kappa shape index (κ1) is 19.7. The molecule has 1 aromatic heterocycles. The maximum absolute atomic E-state index is 14.5. The van der Waals surface area contributed by atoms with Crippen molar-refractivity contribution in [1.82, 2.24) is 4.98 Å². The monoisotopic (exact) mass is 396 g/mol. The molecule has 3 N–H and O–H groups in total. The van der Waals surface area contributed by atoms with E-state index in [2.05, 4.69) is 20.0 Å². The van der Waals surface area contributed by atoms with Crippen LogP contribution in [0.3, 0.4) is 0 Å². The number of nitrogens with two attached hydrogens (primary N) is 1. The molecular weight excluding hydrogens is 377 g/mol. The number of rotatable bonds is 4. The van der Waals surface area contributed by atoms with Gasteiger partial charge in [-0.25, -0.2) is 14.4 Å². The van der Waals surface area contributed by atoms with Crippen LogP contribution in [0.1, 0.15) is 48.6 Å². The van der Waals surface area contributed by atoms with Crippen molar-refractivity contribution < 1.29 is 27.1 Å². The van der Waals surface area contributed by atoms with Crippen LogP contribution in [0, 0.1) is 5.82 Å². The molecule has 0 radical (unpaired) electrons. The topological polar surface area (TPSA) is 103 Å². The van der Waals surface area contributed by atoms with Crippen molar-refractivity contribution in [3.63, 3.8) is 0 Å². The number of amidine groups is 1. The normalized spacial score (nSPS) is 21.2. The lowest BCUT2D eigenvalue weighted by atomic mass is 9.85. The molecule has 28 heavy (non-hydrogen) atoms. The Balaban J connectivity index is 1.93. The minimum absolute atomic E-state index is 0.0134. The summed E-state index contributed by atoms with van der Waals surface area (Å²) in [7, 11) is 0. The standard InChI is InChI=1S/C18H19F3N4O3/c1-9(2)15-24-13(7-27-15)14(26)23-10-4-5-12(19)11(6-10)17(3)18(20,21)8-28-16(22)25-17/h4-7,9H,8H2,1-3H3,(H2,22,25)(H,23,26)/t17-/m1/s1. The summed E-state index contributed by atoms with van der Waals surface area (Å²) in [6.45, 7) is 3.71. The third-order valence-electron chi connectivity index (χ3n) is 4.44. The molecule has 0 bridgehead atoms. The van der Waals surface area contributed by atoms with E-state index in [1.165, 1.54) is 12.3 Å². The number of hydrogen-bond acceptors (Lipinski definition) is 6. The van der Waals surface area contributed by atoms with E-state index in [9.17, 15) is 18.0 Å². The number of aliphatic imine (C=N–C) groups is 1. The van der Waals surface area contributed by atoms with Crippen molar-refractivity contribution in [1.29, 1.82) is 0 Å². The number of benzene rings is 1. The molecule has 0 fully saturated rings. The second-order valence-corrected chi connectivity index (χ2v) is 6.89. The Hall–Kier alpha value is -3.04. The van der Waals surface area contributed by atoms with Crippen LogP contribution in [0.4, 0.5) is 18.9 Å². The van der Waals surface area contributed by atoms with Gasteiger partial charge in [0.25, 0.3) is 11.9 Å². The van der Waals surface area contributed by atoms with Crippen molar-refractivity contribution in [3.8, 4) is 0 Å². The summed E-state index contributed by atoms with van der Waals surface area (Å²) in [5.74, 6) is -4.69. The van der Waals surface area contributed by atoms with E-state index >= 15 is 0 Å². The third-order valence-corrected chi connectivity index (χ3v) is 4.44. The van der Waals surface area contributed by atoms with Gasteiger partial charge in [0.1, 0.15) is 12.1 Å². The van der Waals surface area contributed by atoms with Crippen molar-refractivity contribution in [3.05, 3.63) is 47.4 Å². The molecule has 1 aliphatic rings. The zero-order valence-corrected chi connectivity index (χ0v) is 15.4. The highest BCUT2D eigenvalue weighted by atomic mass is 19.3. The van der Waals surface area contributed by atoms with Crippen LogP contribution in [0.5, 0.6) is 0 Å². The van der Waals surface area contributed by atoms with E-state index < -0.39 is 41.4 Å². The lowest BCUT2D eigenvalue weighted by Gasteiger charge is -2.37. The van der Waals surface area contributed by atoms with Crippen LogP contribution >= 0.6 is 0 Å². The maximum atomic E-state index is 14.5. The summed E-state index contributed by atoms with van der Waals surface area (Å²) in [5.41, 5.74) is 2.81. The van der Waals surface area contributed by atoms with Crippen LogP contribution in [0.25, 0.3) is 0 Å². The minimum atomic E-state index is -3.52. The first-order valence-electron chi connectivity index (χ1n) is 8.46. The Morgan fingerprint density at radius 2 is 2.07 bits per heavy atom. The molecule has 3 rings (SSSR count). The number of hydrogen-bond donors (Lipinski definition) is 2. The minimum Gasteiger partial charge on any atom is -0.459 e. The molecule has 0 spiro atoms. The predicted octanol–water partition coefficient (Wildman–Crippen LogP) is 3.38. The number of aromatic nitrogens is 1.